The van der Waals surface area contributed by atoms with Crippen molar-refractivity contribution in [3.63, 3.8) is 0 Å². The third-order valence-corrected chi connectivity index (χ3v) is 4.75. The molecule has 1 aromatic rings. The number of fused-ring (bicyclic) bond motifs is 2. The largest absolute Gasteiger partial charge is 0.504 e. The van der Waals surface area contributed by atoms with Crippen molar-refractivity contribution in [2.75, 3.05) is 6.54 Å². The van der Waals surface area contributed by atoms with Crippen molar-refractivity contribution in [1.82, 2.24) is 5.32 Å². The molecule has 17 heavy (non-hydrogen) atoms. The summed E-state index contributed by atoms with van der Waals surface area (Å²) in [4.78, 5) is 0. The van der Waals surface area contributed by atoms with E-state index in [1.807, 2.05) is 6.07 Å². The van der Waals surface area contributed by atoms with Gasteiger partial charge in [0.1, 0.15) is 5.60 Å². The van der Waals surface area contributed by atoms with Gasteiger partial charge in [-0.1, -0.05) is 18.6 Å². The molecule has 0 unspecified atom stereocenters. The minimum Gasteiger partial charge on any atom is -0.504 e. The zero-order valence-corrected chi connectivity index (χ0v) is 9.78. The van der Waals surface area contributed by atoms with Crippen LogP contribution in [0.2, 0.25) is 0 Å². The highest BCUT2D eigenvalue weighted by molar-refractivity contribution is 5.53. The molecule has 1 spiro atoms. The summed E-state index contributed by atoms with van der Waals surface area (Å²) in [5.41, 5.74) is 1.13. The summed E-state index contributed by atoms with van der Waals surface area (Å²) in [7, 11) is 0. The molecule has 2 heterocycles. The summed E-state index contributed by atoms with van der Waals surface area (Å²) < 4.78 is 6.24. The van der Waals surface area contributed by atoms with Crippen molar-refractivity contribution < 1.29 is 9.84 Å². The van der Waals surface area contributed by atoms with Crippen molar-refractivity contribution in [3.8, 4) is 11.5 Å². The van der Waals surface area contributed by atoms with E-state index in [0.717, 1.165) is 18.7 Å². The predicted molar refractivity (Wildman–Crippen MR) is 64.5 cm³/mol. The van der Waals surface area contributed by atoms with Crippen LogP contribution < -0.4 is 10.1 Å². The van der Waals surface area contributed by atoms with Gasteiger partial charge >= 0.3 is 0 Å². The van der Waals surface area contributed by atoms with E-state index in [0.29, 0.717) is 17.7 Å². The topological polar surface area (TPSA) is 41.5 Å². The van der Waals surface area contributed by atoms with Crippen LogP contribution in [-0.4, -0.2) is 23.3 Å². The summed E-state index contributed by atoms with van der Waals surface area (Å²) >= 11 is 0. The molecular formula is C14H17NO2. The zero-order chi connectivity index (χ0) is 11.5. The molecule has 2 aliphatic heterocycles. The van der Waals surface area contributed by atoms with Crippen molar-refractivity contribution in [2.24, 2.45) is 0 Å². The van der Waals surface area contributed by atoms with Gasteiger partial charge in [0.25, 0.3) is 0 Å². The Morgan fingerprint density at radius 1 is 1.35 bits per heavy atom. The van der Waals surface area contributed by atoms with E-state index in [9.17, 15) is 5.11 Å². The Kier molecular flexibility index (Phi) is 1.82. The molecule has 0 bridgehead atoms. The highest BCUT2D eigenvalue weighted by Crippen LogP contribution is 2.56. The van der Waals surface area contributed by atoms with E-state index >= 15 is 0 Å². The normalized spacial score (nSPS) is 38.1. The van der Waals surface area contributed by atoms with Crippen LogP contribution in [0, 0.1) is 0 Å². The van der Waals surface area contributed by atoms with E-state index in [2.05, 4.69) is 11.4 Å². The summed E-state index contributed by atoms with van der Waals surface area (Å²) in [5.74, 6) is 1.47. The van der Waals surface area contributed by atoms with Crippen molar-refractivity contribution >= 4 is 0 Å². The predicted octanol–water partition coefficient (Wildman–Crippen LogP) is 2.15. The number of hydrogen-bond acceptors (Lipinski definition) is 3. The van der Waals surface area contributed by atoms with Gasteiger partial charge in [0, 0.05) is 24.1 Å². The number of rotatable bonds is 0. The maximum absolute atomic E-state index is 9.93. The van der Waals surface area contributed by atoms with Crippen molar-refractivity contribution in [2.45, 2.75) is 43.2 Å². The molecule has 4 rings (SSSR count). The number of benzene rings is 1. The van der Waals surface area contributed by atoms with Gasteiger partial charge < -0.3 is 15.2 Å². The molecule has 0 aromatic heterocycles. The number of ether oxygens (including phenoxy) is 1. The van der Waals surface area contributed by atoms with Crippen molar-refractivity contribution in [3.05, 3.63) is 23.8 Å². The second-order valence-corrected chi connectivity index (χ2v) is 5.51. The Morgan fingerprint density at radius 3 is 3.24 bits per heavy atom. The lowest BCUT2D eigenvalue weighted by Crippen LogP contribution is -2.49. The average molecular weight is 231 g/mol. The standard InChI is InChI=1S/C14H17NO2/c16-11-5-3-4-9-10-8-15-12-6-1-2-7-14(10,12)17-13(9)11/h3-5,10,12,15-16H,1-2,6-8H2/t10-,12+,14-/m0/s1. The highest BCUT2D eigenvalue weighted by Gasteiger charge is 2.58. The number of nitrogens with one attached hydrogen (secondary N) is 1. The minimum atomic E-state index is -0.0700. The Hall–Kier alpha value is -1.22. The Morgan fingerprint density at radius 2 is 2.29 bits per heavy atom. The number of aromatic hydroxyl groups is 1. The van der Waals surface area contributed by atoms with E-state index in [1.165, 1.54) is 24.8 Å². The fourth-order valence-electron chi connectivity index (χ4n) is 3.98. The number of hydrogen-bond donors (Lipinski definition) is 2. The van der Waals surface area contributed by atoms with Crippen LogP contribution in [0.5, 0.6) is 11.5 Å². The number of phenolic OH excluding ortho intramolecular Hbond substituents is 1. The van der Waals surface area contributed by atoms with E-state index in [1.54, 1.807) is 6.07 Å². The summed E-state index contributed by atoms with van der Waals surface area (Å²) in [6, 6.07) is 6.22. The summed E-state index contributed by atoms with van der Waals surface area (Å²) in [5, 5.41) is 13.5. The molecule has 2 N–H and O–H groups in total. The van der Waals surface area contributed by atoms with Gasteiger partial charge in [0.05, 0.1) is 0 Å². The monoisotopic (exact) mass is 231 g/mol. The Balaban J connectivity index is 1.84. The molecule has 3 nitrogen and oxygen atoms in total. The van der Waals surface area contributed by atoms with E-state index in [4.69, 9.17) is 4.74 Å². The molecule has 0 radical (unpaired) electrons. The third kappa shape index (κ3) is 1.10. The van der Waals surface area contributed by atoms with Gasteiger partial charge in [-0.2, -0.15) is 0 Å². The fraction of sp³-hybridized carbons (Fsp3) is 0.571. The second kappa shape index (κ2) is 3.16. The molecule has 1 aliphatic carbocycles. The molecule has 1 saturated carbocycles. The Bertz CT molecular complexity index is 473. The molecule has 0 amide bonds. The molecule has 90 valence electrons. The van der Waals surface area contributed by atoms with Crippen LogP contribution in [0.1, 0.15) is 37.2 Å². The first-order valence-corrected chi connectivity index (χ1v) is 6.55. The van der Waals surface area contributed by atoms with Crippen molar-refractivity contribution in [1.29, 1.82) is 0 Å². The van der Waals surface area contributed by atoms with Gasteiger partial charge in [0.2, 0.25) is 0 Å². The second-order valence-electron chi connectivity index (χ2n) is 5.51. The summed E-state index contributed by atoms with van der Waals surface area (Å²) in [6.45, 7) is 0.987. The lowest BCUT2D eigenvalue weighted by molar-refractivity contribution is 0.0306. The van der Waals surface area contributed by atoms with Crippen LogP contribution in [0.4, 0.5) is 0 Å². The maximum Gasteiger partial charge on any atom is 0.165 e. The molecule has 1 saturated heterocycles. The summed E-state index contributed by atoms with van der Waals surface area (Å²) in [6.07, 6.45) is 4.84. The number of phenols is 1. The van der Waals surface area contributed by atoms with Gasteiger partial charge in [-0.05, 0) is 25.3 Å². The van der Waals surface area contributed by atoms with E-state index in [-0.39, 0.29) is 5.60 Å². The van der Waals surface area contributed by atoms with Gasteiger partial charge in [-0.15, -0.1) is 0 Å². The van der Waals surface area contributed by atoms with Crippen LogP contribution in [0.15, 0.2) is 18.2 Å². The molecule has 3 atom stereocenters. The molecule has 3 heteroatoms. The quantitative estimate of drug-likeness (QED) is 0.719. The van der Waals surface area contributed by atoms with Crippen LogP contribution in [0.3, 0.4) is 0 Å². The lowest BCUT2D eigenvalue weighted by Gasteiger charge is -2.38. The average Bonchev–Trinajstić information content (AvgIpc) is 2.83. The Labute approximate surface area is 101 Å². The molecule has 2 fully saturated rings. The zero-order valence-electron chi connectivity index (χ0n) is 9.78. The maximum atomic E-state index is 9.93. The van der Waals surface area contributed by atoms with Crippen LogP contribution in [0.25, 0.3) is 0 Å². The van der Waals surface area contributed by atoms with E-state index < -0.39 is 0 Å². The molecule has 1 aromatic carbocycles. The first kappa shape index (κ1) is 9.77. The van der Waals surface area contributed by atoms with Crippen LogP contribution >= 0.6 is 0 Å². The van der Waals surface area contributed by atoms with Gasteiger partial charge in [-0.3, -0.25) is 0 Å². The smallest absolute Gasteiger partial charge is 0.165 e. The molecular weight excluding hydrogens is 214 g/mol. The molecule has 3 aliphatic rings. The first-order valence-electron chi connectivity index (χ1n) is 6.55. The first-order chi connectivity index (χ1) is 8.31. The third-order valence-electron chi connectivity index (χ3n) is 4.75. The van der Waals surface area contributed by atoms with Gasteiger partial charge in [0.15, 0.2) is 11.5 Å². The van der Waals surface area contributed by atoms with Crippen LogP contribution in [-0.2, 0) is 0 Å². The fourth-order valence-corrected chi connectivity index (χ4v) is 3.98. The highest BCUT2D eigenvalue weighted by atomic mass is 16.5. The SMILES string of the molecule is Oc1cccc2c1O[C@]13CCCC[C@H]1NC[C@@H]23. The number of para-hydroxylation sites is 1. The minimum absolute atomic E-state index is 0.0700. The lowest BCUT2D eigenvalue weighted by atomic mass is 9.74. The van der Waals surface area contributed by atoms with Gasteiger partial charge in [-0.25, -0.2) is 0 Å².